The van der Waals surface area contributed by atoms with Gasteiger partial charge in [0.1, 0.15) is 5.75 Å². The largest absolute Gasteiger partial charge is 0.495 e. The van der Waals surface area contributed by atoms with Crippen LogP contribution in [0.2, 0.25) is 0 Å². The molecule has 4 nitrogen and oxygen atoms in total. The number of aromatic amines is 1. The SMILES string of the molecule is COc1cc(C)ccc1NC(=O)c1ccc2[nH]ccc2c1. The molecule has 0 atom stereocenters. The van der Waals surface area contributed by atoms with Gasteiger partial charge in [-0.3, -0.25) is 4.79 Å². The number of amides is 1. The Morgan fingerprint density at radius 1 is 1.14 bits per heavy atom. The fourth-order valence-corrected chi connectivity index (χ4v) is 2.29. The van der Waals surface area contributed by atoms with Crippen LogP contribution in [0, 0.1) is 6.92 Å². The molecule has 1 amide bonds. The summed E-state index contributed by atoms with van der Waals surface area (Å²) in [7, 11) is 1.59. The molecular formula is C17H16N2O2. The molecule has 106 valence electrons. The van der Waals surface area contributed by atoms with Crippen molar-refractivity contribution in [3.63, 3.8) is 0 Å². The molecule has 0 bridgehead atoms. The lowest BCUT2D eigenvalue weighted by Crippen LogP contribution is -2.12. The van der Waals surface area contributed by atoms with Gasteiger partial charge in [0.15, 0.2) is 0 Å². The number of hydrogen-bond donors (Lipinski definition) is 2. The molecule has 0 spiro atoms. The van der Waals surface area contributed by atoms with Gasteiger partial charge in [-0.05, 0) is 48.9 Å². The summed E-state index contributed by atoms with van der Waals surface area (Å²) < 4.78 is 5.30. The molecule has 1 aromatic heterocycles. The molecule has 1 heterocycles. The van der Waals surface area contributed by atoms with Crippen LogP contribution in [0.3, 0.4) is 0 Å². The molecule has 0 unspecified atom stereocenters. The highest BCUT2D eigenvalue weighted by Gasteiger charge is 2.10. The number of ether oxygens (including phenoxy) is 1. The second kappa shape index (κ2) is 5.32. The third-order valence-corrected chi connectivity index (χ3v) is 3.42. The van der Waals surface area contributed by atoms with E-state index in [1.165, 1.54) is 0 Å². The summed E-state index contributed by atoms with van der Waals surface area (Å²) in [5.74, 6) is 0.506. The van der Waals surface area contributed by atoms with Crippen LogP contribution in [-0.4, -0.2) is 18.0 Å². The summed E-state index contributed by atoms with van der Waals surface area (Å²) in [6.07, 6.45) is 1.86. The van der Waals surface area contributed by atoms with Gasteiger partial charge in [-0.1, -0.05) is 6.07 Å². The number of hydrogen-bond acceptors (Lipinski definition) is 2. The number of methoxy groups -OCH3 is 1. The van der Waals surface area contributed by atoms with Gasteiger partial charge in [0, 0.05) is 22.7 Å². The van der Waals surface area contributed by atoms with Gasteiger partial charge in [-0.25, -0.2) is 0 Å². The molecular weight excluding hydrogens is 264 g/mol. The first-order chi connectivity index (χ1) is 10.2. The molecule has 0 fully saturated rings. The lowest BCUT2D eigenvalue weighted by Gasteiger charge is -2.11. The zero-order valence-corrected chi connectivity index (χ0v) is 11.9. The standard InChI is InChI=1S/C17H16N2O2/c1-11-3-5-15(16(9-11)21-2)19-17(20)13-4-6-14-12(10-13)7-8-18-14/h3-10,18H,1-2H3,(H,19,20). The predicted octanol–water partition coefficient (Wildman–Crippen LogP) is 3.74. The Balaban J connectivity index is 1.88. The van der Waals surface area contributed by atoms with Crippen molar-refractivity contribution in [1.29, 1.82) is 0 Å². The number of nitrogens with one attached hydrogen (secondary N) is 2. The predicted molar refractivity (Wildman–Crippen MR) is 84.0 cm³/mol. The quantitative estimate of drug-likeness (QED) is 0.768. The number of anilines is 1. The highest BCUT2D eigenvalue weighted by Crippen LogP contribution is 2.26. The van der Waals surface area contributed by atoms with Gasteiger partial charge in [0.05, 0.1) is 12.8 Å². The molecule has 4 heteroatoms. The molecule has 0 aliphatic carbocycles. The van der Waals surface area contributed by atoms with Crippen LogP contribution in [0.15, 0.2) is 48.7 Å². The molecule has 0 aliphatic heterocycles. The van der Waals surface area contributed by atoms with E-state index in [1.54, 1.807) is 13.2 Å². The Kier molecular flexibility index (Phi) is 3.36. The second-order valence-electron chi connectivity index (χ2n) is 4.94. The minimum atomic E-state index is -0.153. The van der Waals surface area contributed by atoms with Crippen molar-refractivity contribution in [2.75, 3.05) is 12.4 Å². The maximum absolute atomic E-state index is 12.4. The van der Waals surface area contributed by atoms with Gasteiger partial charge < -0.3 is 15.0 Å². The van der Waals surface area contributed by atoms with Crippen LogP contribution in [0.25, 0.3) is 10.9 Å². The van der Waals surface area contributed by atoms with Gasteiger partial charge in [0.25, 0.3) is 5.91 Å². The zero-order chi connectivity index (χ0) is 14.8. The molecule has 0 aliphatic rings. The Morgan fingerprint density at radius 2 is 2.00 bits per heavy atom. The summed E-state index contributed by atoms with van der Waals surface area (Å²) in [5.41, 5.74) is 3.38. The molecule has 2 aromatic carbocycles. The van der Waals surface area contributed by atoms with Crippen LogP contribution in [-0.2, 0) is 0 Å². The summed E-state index contributed by atoms with van der Waals surface area (Å²) in [6, 6.07) is 13.2. The monoisotopic (exact) mass is 280 g/mol. The van der Waals surface area contributed by atoms with Crippen molar-refractivity contribution >= 4 is 22.5 Å². The van der Waals surface area contributed by atoms with Crippen LogP contribution in [0.4, 0.5) is 5.69 Å². The summed E-state index contributed by atoms with van der Waals surface area (Å²) in [6.45, 7) is 1.98. The average molecular weight is 280 g/mol. The number of aryl methyl sites for hydroxylation is 1. The van der Waals surface area contributed by atoms with Crippen molar-refractivity contribution in [2.45, 2.75) is 6.92 Å². The van der Waals surface area contributed by atoms with Crippen LogP contribution >= 0.6 is 0 Å². The van der Waals surface area contributed by atoms with E-state index in [2.05, 4.69) is 10.3 Å². The van der Waals surface area contributed by atoms with Crippen LogP contribution in [0.1, 0.15) is 15.9 Å². The fraction of sp³-hybridized carbons (Fsp3) is 0.118. The van der Waals surface area contributed by atoms with E-state index < -0.39 is 0 Å². The second-order valence-corrected chi connectivity index (χ2v) is 4.94. The first kappa shape index (κ1) is 13.2. The minimum absolute atomic E-state index is 0.153. The van der Waals surface area contributed by atoms with Gasteiger partial charge in [-0.15, -0.1) is 0 Å². The van der Waals surface area contributed by atoms with E-state index in [1.807, 2.05) is 49.5 Å². The Labute approximate surface area is 122 Å². The van der Waals surface area contributed by atoms with E-state index in [4.69, 9.17) is 4.74 Å². The average Bonchev–Trinajstić information content (AvgIpc) is 2.96. The van der Waals surface area contributed by atoms with E-state index in [9.17, 15) is 4.79 Å². The van der Waals surface area contributed by atoms with E-state index >= 15 is 0 Å². The smallest absolute Gasteiger partial charge is 0.255 e. The van der Waals surface area contributed by atoms with Crippen molar-refractivity contribution in [3.05, 3.63) is 59.8 Å². The fourth-order valence-electron chi connectivity index (χ4n) is 2.29. The van der Waals surface area contributed by atoms with E-state index in [0.717, 1.165) is 16.5 Å². The van der Waals surface area contributed by atoms with E-state index in [0.29, 0.717) is 17.0 Å². The first-order valence-corrected chi connectivity index (χ1v) is 6.70. The molecule has 21 heavy (non-hydrogen) atoms. The summed E-state index contributed by atoms with van der Waals surface area (Å²) in [5, 5.41) is 3.90. The van der Waals surface area contributed by atoms with Crippen molar-refractivity contribution in [3.8, 4) is 5.75 Å². The maximum Gasteiger partial charge on any atom is 0.255 e. The number of fused-ring (bicyclic) bond motifs is 1. The first-order valence-electron chi connectivity index (χ1n) is 6.70. The number of benzene rings is 2. The van der Waals surface area contributed by atoms with Crippen molar-refractivity contribution in [1.82, 2.24) is 4.98 Å². The lowest BCUT2D eigenvalue weighted by molar-refractivity contribution is 0.102. The summed E-state index contributed by atoms with van der Waals surface area (Å²) in [4.78, 5) is 15.5. The Morgan fingerprint density at radius 3 is 2.81 bits per heavy atom. The van der Waals surface area contributed by atoms with Crippen LogP contribution in [0.5, 0.6) is 5.75 Å². The topological polar surface area (TPSA) is 54.1 Å². The third kappa shape index (κ3) is 2.60. The Hall–Kier alpha value is -2.75. The minimum Gasteiger partial charge on any atom is -0.495 e. The van der Waals surface area contributed by atoms with Gasteiger partial charge >= 0.3 is 0 Å². The van der Waals surface area contributed by atoms with Crippen LogP contribution < -0.4 is 10.1 Å². The third-order valence-electron chi connectivity index (χ3n) is 3.42. The summed E-state index contributed by atoms with van der Waals surface area (Å²) >= 11 is 0. The normalized spacial score (nSPS) is 10.6. The molecule has 0 saturated carbocycles. The highest BCUT2D eigenvalue weighted by atomic mass is 16.5. The van der Waals surface area contributed by atoms with E-state index in [-0.39, 0.29) is 5.91 Å². The molecule has 0 saturated heterocycles. The van der Waals surface area contributed by atoms with Gasteiger partial charge in [-0.2, -0.15) is 0 Å². The number of carbonyl (C=O) groups excluding carboxylic acids is 1. The number of carbonyl (C=O) groups is 1. The van der Waals surface area contributed by atoms with Crippen molar-refractivity contribution in [2.24, 2.45) is 0 Å². The molecule has 0 radical (unpaired) electrons. The zero-order valence-electron chi connectivity index (χ0n) is 11.9. The molecule has 3 rings (SSSR count). The Bertz CT molecular complexity index is 805. The lowest BCUT2D eigenvalue weighted by atomic mass is 10.1. The van der Waals surface area contributed by atoms with Gasteiger partial charge in [0.2, 0.25) is 0 Å². The number of rotatable bonds is 3. The molecule has 3 aromatic rings. The van der Waals surface area contributed by atoms with Crippen molar-refractivity contribution < 1.29 is 9.53 Å². The molecule has 2 N–H and O–H groups in total. The highest BCUT2D eigenvalue weighted by molar-refractivity contribution is 6.06. The number of aromatic nitrogens is 1. The number of H-pyrrole nitrogens is 1. The maximum atomic E-state index is 12.4.